The maximum atomic E-state index is 12.1. The predicted molar refractivity (Wildman–Crippen MR) is 73.2 cm³/mol. The topological polar surface area (TPSA) is 76.5 Å². The molecule has 0 aliphatic carbocycles. The Bertz CT molecular complexity index is 530. The Morgan fingerprint density at radius 3 is 2.65 bits per heavy atom. The fraction of sp³-hybridized carbons (Fsp3) is 0.615. The van der Waals surface area contributed by atoms with Crippen molar-refractivity contribution in [3.63, 3.8) is 0 Å². The molecular weight excluding hydrogens is 260 g/mol. The minimum absolute atomic E-state index is 0.157. The van der Waals surface area contributed by atoms with Gasteiger partial charge in [0.25, 0.3) is 0 Å². The van der Waals surface area contributed by atoms with Crippen LogP contribution in [0.4, 0.5) is 10.5 Å². The first kappa shape index (κ1) is 14.4. The lowest BCUT2D eigenvalue weighted by Gasteiger charge is -2.30. The average Bonchev–Trinajstić information content (AvgIpc) is 2.69. The standard InChI is InChI=1S/C13H20N4O3/c1-9(18)15-10-7-14-17-6-5-16(8-11(10)17)12(19)20-13(2,3)4/h7H,5-6,8H2,1-4H3,(H,15,18). The number of hydrogen-bond acceptors (Lipinski definition) is 4. The third-order valence-corrected chi connectivity index (χ3v) is 2.83. The van der Waals surface area contributed by atoms with E-state index in [-0.39, 0.29) is 12.0 Å². The molecule has 0 bridgehead atoms. The van der Waals surface area contributed by atoms with Crippen LogP contribution in [0.25, 0.3) is 0 Å². The Balaban J connectivity index is 2.11. The quantitative estimate of drug-likeness (QED) is 0.847. The van der Waals surface area contributed by atoms with Crippen molar-refractivity contribution < 1.29 is 14.3 Å². The van der Waals surface area contributed by atoms with Gasteiger partial charge in [-0.1, -0.05) is 0 Å². The molecule has 2 rings (SSSR count). The van der Waals surface area contributed by atoms with Crippen molar-refractivity contribution in [1.82, 2.24) is 14.7 Å². The zero-order valence-electron chi connectivity index (χ0n) is 12.3. The molecule has 0 aromatic carbocycles. The minimum atomic E-state index is -0.519. The number of carbonyl (C=O) groups excluding carboxylic acids is 2. The SMILES string of the molecule is CC(=O)Nc1cnn2c1CN(C(=O)OC(C)(C)C)CC2. The second-order valence-electron chi connectivity index (χ2n) is 5.81. The lowest BCUT2D eigenvalue weighted by Crippen LogP contribution is -2.41. The van der Waals surface area contributed by atoms with Crippen LogP contribution in [0.5, 0.6) is 0 Å². The van der Waals surface area contributed by atoms with Crippen LogP contribution in [0.1, 0.15) is 33.4 Å². The molecule has 2 heterocycles. The molecule has 2 amide bonds. The van der Waals surface area contributed by atoms with E-state index >= 15 is 0 Å². The third-order valence-electron chi connectivity index (χ3n) is 2.83. The fourth-order valence-electron chi connectivity index (χ4n) is 2.02. The van der Waals surface area contributed by atoms with Gasteiger partial charge in [-0.2, -0.15) is 5.10 Å². The number of nitrogens with zero attached hydrogens (tertiary/aromatic N) is 3. The second-order valence-corrected chi connectivity index (χ2v) is 5.81. The van der Waals surface area contributed by atoms with Gasteiger partial charge in [0.2, 0.25) is 5.91 Å². The molecule has 0 unspecified atom stereocenters. The van der Waals surface area contributed by atoms with Gasteiger partial charge in [-0.05, 0) is 20.8 Å². The van der Waals surface area contributed by atoms with Crippen LogP contribution in [-0.2, 0) is 22.6 Å². The van der Waals surface area contributed by atoms with Crippen molar-refractivity contribution >= 4 is 17.7 Å². The Morgan fingerprint density at radius 2 is 2.05 bits per heavy atom. The summed E-state index contributed by atoms with van der Waals surface area (Å²) in [4.78, 5) is 24.8. The predicted octanol–water partition coefficient (Wildman–Crippen LogP) is 1.59. The number of anilines is 1. The first-order valence-electron chi connectivity index (χ1n) is 6.56. The maximum absolute atomic E-state index is 12.1. The largest absolute Gasteiger partial charge is 0.444 e. The van der Waals surface area contributed by atoms with Crippen LogP contribution < -0.4 is 5.32 Å². The van der Waals surface area contributed by atoms with E-state index in [4.69, 9.17) is 4.74 Å². The van der Waals surface area contributed by atoms with Gasteiger partial charge < -0.3 is 15.0 Å². The molecule has 0 saturated heterocycles. The highest BCUT2D eigenvalue weighted by Crippen LogP contribution is 2.22. The molecule has 1 aromatic heterocycles. The van der Waals surface area contributed by atoms with Crippen molar-refractivity contribution in [2.24, 2.45) is 0 Å². The molecule has 7 heteroatoms. The number of rotatable bonds is 1. The van der Waals surface area contributed by atoms with Crippen LogP contribution in [0.2, 0.25) is 0 Å². The van der Waals surface area contributed by atoms with E-state index in [0.29, 0.717) is 25.3 Å². The summed E-state index contributed by atoms with van der Waals surface area (Å²) in [6.45, 7) is 8.46. The van der Waals surface area contributed by atoms with Crippen molar-refractivity contribution in [2.75, 3.05) is 11.9 Å². The van der Waals surface area contributed by atoms with Crippen LogP contribution in [0.3, 0.4) is 0 Å². The lowest BCUT2D eigenvalue weighted by molar-refractivity contribution is -0.114. The molecule has 1 aliphatic heterocycles. The first-order chi connectivity index (χ1) is 9.26. The van der Waals surface area contributed by atoms with Gasteiger partial charge in [-0.15, -0.1) is 0 Å². The molecule has 0 radical (unpaired) electrons. The minimum Gasteiger partial charge on any atom is -0.444 e. The van der Waals surface area contributed by atoms with E-state index in [1.807, 2.05) is 20.8 Å². The molecule has 0 atom stereocenters. The van der Waals surface area contributed by atoms with Gasteiger partial charge >= 0.3 is 6.09 Å². The Labute approximate surface area is 117 Å². The molecule has 1 N–H and O–H groups in total. The van der Waals surface area contributed by atoms with Crippen LogP contribution >= 0.6 is 0 Å². The number of nitrogens with one attached hydrogen (secondary N) is 1. The summed E-state index contributed by atoms with van der Waals surface area (Å²) >= 11 is 0. The molecule has 1 aliphatic rings. The molecule has 0 fully saturated rings. The summed E-state index contributed by atoms with van der Waals surface area (Å²) < 4.78 is 7.16. The Morgan fingerprint density at radius 1 is 1.35 bits per heavy atom. The zero-order valence-corrected chi connectivity index (χ0v) is 12.3. The van der Waals surface area contributed by atoms with E-state index in [1.54, 1.807) is 15.8 Å². The van der Waals surface area contributed by atoms with Gasteiger partial charge in [0.1, 0.15) is 5.60 Å². The van der Waals surface area contributed by atoms with Crippen LogP contribution in [0, 0.1) is 0 Å². The highest BCUT2D eigenvalue weighted by atomic mass is 16.6. The Kier molecular flexibility index (Phi) is 3.69. The van der Waals surface area contributed by atoms with Gasteiger partial charge in [-0.3, -0.25) is 9.48 Å². The van der Waals surface area contributed by atoms with Gasteiger partial charge in [-0.25, -0.2) is 4.79 Å². The summed E-state index contributed by atoms with van der Waals surface area (Å²) in [7, 11) is 0. The number of amides is 2. The van der Waals surface area contributed by atoms with E-state index < -0.39 is 5.60 Å². The van der Waals surface area contributed by atoms with Crippen LogP contribution in [0.15, 0.2) is 6.20 Å². The van der Waals surface area contributed by atoms with Gasteiger partial charge in [0, 0.05) is 13.5 Å². The summed E-state index contributed by atoms with van der Waals surface area (Å²) in [5.74, 6) is -0.157. The van der Waals surface area contributed by atoms with Gasteiger partial charge in [0.15, 0.2) is 0 Å². The van der Waals surface area contributed by atoms with E-state index in [0.717, 1.165) is 5.69 Å². The van der Waals surface area contributed by atoms with E-state index in [1.165, 1.54) is 6.92 Å². The average molecular weight is 280 g/mol. The number of aromatic nitrogens is 2. The maximum Gasteiger partial charge on any atom is 0.410 e. The molecule has 0 spiro atoms. The normalized spacial score (nSPS) is 14.7. The van der Waals surface area contributed by atoms with Crippen LogP contribution in [-0.4, -0.2) is 38.8 Å². The summed E-state index contributed by atoms with van der Waals surface area (Å²) in [5.41, 5.74) is 0.943. The van der Waals surface area contributed by atoms with Crippen molar-refractivity contribution in [2.45, 2.75) is 46.4 Å². The summed E-state index contributed by atoms with van der Waals surface area (Å²) in [6.07, 6.45) is 1.26. The number of ether oxygens (including phenoxy) is 1. The van der Waals surface area contributed by atoms with Gasteiger partial charge in [0.05, 0.1) is 30.7 Å². The number of fused-ring (bicyclic) bond motifs is 1. The molecule has 0 saturated carbocycles. The van der Waals surface area contributed by atoms with E-state index in [2.05, 4.69) is 10.4 Å². The number of hydrogen-bond donors (Lipinski definition) is 1. The molecule has 7 nitrogen and oxygen atoms in total. The Hall–Kier alpha value is -2.05. The van der Waals surface area contributed by atoms with E-state index in [9.17, 15) is 9.59 Å². The monoisotopic (exact) mass is 280 g/mol. The smallest absolute Gasteiger partial charge is 0.410 e. The first-order valence-corrected chi connectivity index (χ1v) is 6.56. The molecule has 1 aromatic rings. The number of carbonyl (C=O) groups is 2. The highest BCUT2D eigenvalue weighted by Gasteiger charge is 2.27. The molecule has 20 heavy (non-hydrogen) atoms. The summed E-state index contributed by atoms with van der Waals surface area (Å²) in [6, 6.07) is 0. The fourth-order valence-corrected chi connectivity index (χ4v) is 2.02. The zero-order chi connectivity index (χ0) is 14.9. The molecular formula is C13H20N4O3. The molecule has 110 valence electrons. The van der Waals surface area contributed by atoms with Crippen molar-refractivity contribution in [3.05, 3.63) is 11.9 Å². The lowest BCUT2D eigenvalue weighted by atomic mass is 10.2. The van der Waals surface area contributed by atoms with Crippen molar-refractivity contribution in [1.29, 1.82) is 0 Å². The van der Waals surface area contributed by atoms with Crippen molar-refractivity contribution in [3.8, 4) is 0 Å². The third kappa shape index (κ3) is 3.28. The second kappa shape index (κ2) is 5.15. The highest BCUT2D eigenvalue weighted by molar-refractivity contribution is 5.89. The summed E-state index contributed by atoms with van der Waals surface area (Å²) in [5, 5.41) is 6.92.